The molecule has 0 aliphatic heterocycles. The van der Waals surface area contributed by atoms with Gasteiger partial charge in [-0.3, -0.25) is 10.7 Å². The number of hydrogen-bond donors (Lipinski definition) is 3. The van der Waals surface area contributed by atoms with E-state index in [0.29, 0.717) is 5.69 Å². The van der Waals surface area contributed by atoms with E-state index in [2.05, 4.69) is 0 Å². The number of anilines is 1. The summed E-state index contributed by atoms with van der Waals surface area (Å²) >= 11 is 0. The van der Waals surface area contributed by atoms with E-state index in [4.69, 9.17) is 10.3 Å². The molecule has 0 radical (unpaired) electrons. The van der Waals surface area contributed by atoms with E-state index in [-0.39, 0.29) is 0 Å². The lowest BCUT2D eigenvalue weighted by molar-refractivity contribution is -0.131. The first-order valence-electron chi connectivity index (χ1n) is 3.63. The van der Waals surface area contributed by atoms with E-state index in [1.807, 2.05) is 5.48 Å². The molecule has 0 heterocycles. The molecular formula is C9H9NO3. The summed E-state index contributed by atoms with van der Waals surface area (Å²) in [6.07, 6.45) is 2.53. The molecule has 13 heavy (non-hydrogen) atoms. The molecule has 0 saturated heterocycles. The fourth-order valence-electron chi connectivity index (χ4n) is 0.836. The number of rotatable bonds is 3. The summed E-state index contributed by atoms with van der Waals surface area (Å²) in [6, 6.07) is 6.67. The van der Waals surface area contributed by atoms with Gasteiger partial charge in [-0.15, -0.1) is 0 Å². The summed E-state index contributed by atoms with van der Waals surface area (Å²) in [7, 11) is 0. The van der Waals surface area contributed by atoms with Crippen LogP contribution in [0.1, 0.15) is 5.56 Å². The van der Waals surface area contributed by atoms with E-state index >= 15 is 0 Å². The van der Waals surface area contributed by atoms with Gasteiger partial charge in [0.1, 0.15) is 0 Å². The van der Waals surface area contributed by atoms with E-state index in [1.54, 1.807) is 24.3 Å². The highest BCUT2D eigenvalue weighted by molar-refractivity contribution is 5.85. The van der Waals surface area contributed by atoms with Crippen molar-refractivity contribution in [2.45, 2.75) is 0 Å². The van der Waals surface area contributed by atoms with Crippen LogP contribution in [0.2, 0.25) is 0 Å². The zero-order valence-corrected chi connectivity index (χ0v) is 6.77. The Morgan fingerprint density at radius 2 is 1.92 bits per heavy atom. The monoisotopic (exact) mass is 179 g/mol. The van der Waals surface area contributed by atoms with Crippen molar-refractivity contribution in [3.8, 4) is 0 Å². The topological polar surface area (TPSA) is 69.6 Å². The molecule has 0 bridgehead atoms. The minimum absolute atomic E-state index is 0.562. The van der Waals surface area contributed by atoms with Crippen molar-refractivity contribution in [1.82, 2.24) is 0 Å². The molecule has 4 nitrogen and oxygen atoms in total. The van der Waals surface area contributed by atoms with Crippen molar-refractivity contribution in [3.05, 3.63) is 35.9 Å². The molecule has 1 aromatic rings. The van der Waals surface area contributed by atoms with E-state index in [0.717, 1.165) is 11.6 Å². The van der Waals surface area contributed by atoms with Crippen LogP contribution in [0, 0.1) is 0 Å². The molecule has 0 fully saturated rings. The van der Waals surface area contributed by atoms with Crippen LogP contribution in [0.25, 0.3) is 6.08 Å². The average Bonchev–Trinajstić information content (AvgIpc) is 2.15. The van der Waals surface area contributed by atoms with Crippen LogP contribution in [-0.4, -0.2) is 16.3 Å². The Morgan fingerprint density at radius 3 is 2.38 bits per heavy atom. The molecule has 1 rings (SSSR count). The van der Waals surface area contributed by atoms with Gasteiger partial charge in [-0.05, 0) is 23.8 Å². The lowest BCUT2D eigenvalue weighted by Crippen LogP contribution is -1.88. The second-order valence-corrected chi connectivity index (χ2v) is 2.41. The summed E-state index contributed by atoms with van der Waals surface area (Å²) in [5, 5.41) is 16.8. The van der Waals surface area contributed by atoms with Gasteiger partial charge in [0.25, 0.3) is 0 Å². The SMILES string of the molecule is O=C(O)/C=C/c1ccc(NO)cc1. The quantitative estimate of drug-likeness (QED) is 0.486. The van der Waals surface area contributed by atoms with E-state index < -0.39 is 5.97 Å². The van der Waals surface area contributed by atoms with Gasteiger partial charge in [-0.25, -0.2) is 4.79 Å². The summed E-state index contributed by atoms with van der Waals surface area (Å²) < 4.78 is 0. The number of carboxylic acids is 1. The van der Waals surface area contributed by atoms with Gasteiger partial charge in [-0.2, -0.15) is 0 Å². The van der Waals surface area contributed by atoms with Crippen molar-refractivity contribution in [3.63, 3.8) is 0 Å². The molecule has 3 N–H and O–H groups in total. The molecule has 0 aliphatic carbocycles. The van der Waals surface area contributed by atoms with Gasteiger partial charge < -0.3 is 5.11 Å². The molecule has 68 valence electrons. The lowest BCUT2D eigenvalue weighted by Gasteiger charge is -1.97. The number of aliphatic carboxylic acids is 1. The third-order valence-electron chi connectivity index (χ3n) is 1.46. The Balaban J connectivity index is 2.75. The van der Waals surface area contributed by atoms with Gasteiger partial charge in [0.2, 0.25) is 0 Å². The normalized spacial score (nSPS) is 10.2. The van der Waals surface area contributed by atoms with Crippen LogP contribution in [0.3, 0.4) is 0 Å². The van der Waals surface area contributed by atoms with Gasteiger partial charge >= 0.3 is 5.97 Å². The number of hydrogen-bond acceptors (Lipinski definition) is 3. The third-order valence-corrected chi connectivity index (χ3v) is 1.46. The maximum atomic E-state index is 10.2. The van der Waals surface area contributed by atoms with Crippen LogP contribution < -0.4 is 5.48 Å². The minimum atomic E-state index is -0.982. The Morgan fingerprint density at radius 1 is 1.31 bits per heavy atom. The zero-order chi connectivity index (χ0) is 9.68. The molecule has 4 heteroatoms. The first-order valence-corrected chi connectivity index (χ1v) is 3.63. The number of nitrogens with one attached hydrogen (secondary N) is 1. The van der Waals surface area contributed by atoms with Crippen molar-refractivity contribution >= 4 is 17.7 Å². The second kappa shape index (κ2) is 4.27. The van der Waals surface area contributed by atoms with Crippen LogP contribution in [-0.2, 0) is 4.79 Å². The Bertz CT molecular complexity index is 316. The molecule has 0 atom stereocenters. The molecule has 0 unspecified atom stereocenters. The standard InChI is InChI=1S/C9H9NO3/c11-9(12)6-3-7-1-4-8(10-13)5-2-7/h1-6,10,13H,(H,11,12)/b6-3+. The molecule has 0 aliphatic rings. The van der Waals surface area contributed by atoms with Gasteiger partial charge in [0, 0.05) is 6.08 Å². The zero-order valence-electron chi connectivity index (χ0n) is 6.77. The highest BCUT2D eigenvalue weighted by Gasteiger charge is 1.90. The Labute approximate surface area is 75.1 Å². The predicted molar refractivity (Wildman–Crippen MR) is 48.5 cm³/mol. The Kier molecular flexibility index (Phi) is 3.05. The minimum Gasteiger partial charge on any atom is -0.478 e. The first-order chi connectivity index (χ1) is 6.22. The van der Waals surface area contributed by atoms with Crippen molar-refractivity contribution in [2.75, 3.05) is 5.48 Å². The number of carboxylic acid groups (broad SMARTS) is 1. The molecule has 0 aromatic heterocycles. The van der Waals surface area contributed by atoms with Crippen LogP contribution in [0.5, 0.6) is 0 Å². The van der Waals surface area contributed by atoms with Crippen LogP contribution in [0.15, 0.2) is 30.3 Å². The fraction of sp³-hybridized carbons (Fsp3) is 0. The summed E-state index contributed by atoms with van der Waals surface area (Å²) in [4.78, 5) is 10.2. The van der Waals surface area contributed by atoms with Crippen LogP contribution >= 0.6 is 0 Å². The Hall–Kier alpha value is -1.81. The fourth-order valence-corrected chi connectivity index (χ4v) is 0.836. The van der Waals surface area contributed by atoms with Crippen molar-refractivity contribution in [1.29, 1.82) is 0 Å². The summed E-state index contributed by atoms with van der Waals surface area (Å²) in [5.74, 6) is -0.982. The lowest BCUT2D eigenvalue weighted by atomic mass is 10.2. The molecule has 0 spiro atoms. The van der Waals surface area contributed by atoms with Crippen molar-refractivity contribution in [2.24, 2.45) is 0 Å². The van der Waals surface area contributed by atoms with Gasteiger partial charge in [-0.1, -0.05) is 12.1 Å². The first kappa shape index (κ1) is 9.28. The van der Waals surface area contributed by atoms with Gasteiger partial charge in [0.05, 0.1) is 5.69 Å². The second-order valence-electron chi connectivity index (χ2n) is 2.41. The smallest absolute Gasteiger partial charge is 0.328 e. The molecule has 1 aromatic carbocycles. The molecular weight excluding hydrogens is 170 g/mol. The summed E-state index contributed by atoms with van der Waals surface area (Å²) in [6.45, 7) is 0. The molecule has 0 amide bonds. The highest BCUT2D eigenvalue weighted by atomic mass is 16.5. The largest absolute Gasteiger partial charge is 0.478 e. The van der Waals surface area contributed by atoms with Crippen LogP contribution in [0.4, 0.5) is 5.69 Å². The maximum Gasteiger partial charge on any atom is 0.328 e. The average molecular weight is 179 g/mol. The van der Waals surface area contributed by atoms with E-state index in [1.165, 1.54) is 6.08 Å². The number of benzene rings is 1. The molecule has 0 saturated carbocycles. The number of carbonyl (C=O) groups is 1. The maximum absolute atomic E-state index is 10.2. The predicted octanol–water partition coefficient (Wildman–Crippen LogP) is 1.59. The highest BCUT2D eigenvalue weighted by Crippen LogP contribution is 2.09. The van der Waals surface area contributed by atoms with E-state index in [9.17, 15) is 4.79 Å². The summed E-state index contributed by atoms with van der Waals surface area (Å²) in [5.41, 5.74) is 3.31. The third kappa shape index (κ3) is 2.96. The van der Waals surface area contributed by atoms with Crippen molar-refractivity contribution < 1.29 is 15.1 Å². The van der Waals surface area contributed by atoms with Gasteiger partial charge in [0.15, 0.2) is 0 Å².